The maximum Gasteiger partial charge on any atom is 0.213 e. The molecule has 4 nitrogen and oxygen atoms in total. The van der Waals surface area contributed by atoms with Gasteiger partial charge >= 0.3 is 0 Å². The van der Waals surface area contributed by atoms with Crippen LogP contribution in [0.4, 0.5) is 0 Å². The molecule has 0 bridgehead atoms. The molecule has 0 atom stereocenters. The van der Waals surface area contributed by atoms with E-state index in [0.717, 1.165) is 28.8 Å². The molecular weight excluding hydrogens is 292 g/mol. The van der Waals surface area contributed by atoms with Crippen molar-refractivity contribution in [2.75, 3.05) is 6.54 Å². The third kappa shape index (κ3) is 4.23. The number of hydrogen-bond acceptors (Lipinski definition) is 4. The van der Waals surface area contributed by atoms with E-state index in [1.54, 1.807) is 0 Å². The first-order valence-electron chi connectivity index (χ1n) is 6.61. The van der Waals surface area contributed by atoms with Gasteiger partial charge in [0.1, 0.15) is 5.82 Å². The van der Waals surface area contributed by atoms with Crippen LogP contribution in [-0.2, 0) is 6.54 Å². The fourth-order valence-electron chi connectivity index (χ4n) is 1.76. The lowest BCUT2D eigenvalue weighted by Gasteiger charge is -2.12. The minimum absolute atomic E-state index is 0.626. The number of aromatic nitrogens is 3. The number of nitrogens with one attached hydrogen (secondary N) is 2. The number of nitrogens with zero attached hydrogens (tertiary/aromatic N) is 2. The van der Waals surface area contributed by atoms with Gasteiger partial charge in [0.05, 0.1) is 5.02 Å². The molecule has 0 amide bonds. The van der Waals surface area contributed by atoms with Crippen molar-refractivity contribution >= 4 is 23.4 Å². The Balaban J connectivity index is 2.13. The quantitative estimate of drug-likeness (QED) is 0.855. The molecule has 2 rings (SSSR count). The van der Waals surface area contributed by atoms with E-state index in [1.165, 1.54) is 17.3 Å². The topological polar surface area (TPSA) is 53.6 Å². The summed E-state index contributed by atoms with van der Waals surface area (Å²) in [6.45, 7) is 8.05. The van der Waals surface area contributed by atoms with Gasteiger partial charge in [-0.25, -0.2) is 4.98 Å². The molecule has 0 unspecified atom stereocenters. The predicted molar refractivity (Wildman–Crippen MR) is 83.2 cm³/mol. The van der Waals surface area contributed by atoms with E-state index in [9.17, 15) is 0 Å². The number of benzene rings is 1. The molecule has 0 radical (unpaired) electrons. The lowest BCUT2D eigenvalue weighted by molar-refractivity contribution is 0.550. The Morgan fingerprint density at radius 1 is 1.40 bits per heavy atom. The van der Waals surface area contributed by atoms with Crippen LogP contribution in [0.15, 0.2) is 28.3 Å². The molecular formula is C14H19ClN4S. The Hall–Kier alpha value is -1.04. The standard InChI is InChI=1S/C14H19ClN4S/c1-9(2)7-16-8-11-5-4-6-12(15)13(11)20-14-17-10(3)18-19-14/h4-6,9,16H,7-8H2,1-3H3,(H,17,18,19). The third-order valence-electron chi connectivity index (χ3n) is 2.69. The van der Waals surface area contributed by atoms with Gasteiger partial charge in [0.25, 0.3) is 0 Å². The van der Waals surface area contributed by atoms with Crippen molar-refractivity contribution in [3.63, 3.8) is 0 Å². The predicted octanol–water partition coefficient (Wildman–Crippen LogP) is 3.66. The molecule has 2 aromatic rings. The summed E-state index contributed by atoms with van der Waals surface area (Å²) in [5, 5.41) is 11.9. The lowest BCUT2D eigenvalue weighted by atomic mass is 10.2. The van der Waals surface area contributed by atoms with Gasteiger partial charge in [-0.05, 0) is 42.8 Å². The van der Waals surface area contributed by atoms with Crippen molar-refractivity contribution in [3.05, 3.63) is 34.6 Å². The number of hydrogen-bond donors (Lipinski definition) is 2. The molecule has 108 valence electrons. The van der Waals surface area contributed by atoms with Gasteiger partial charge < -0.3 is 5.32 Å². The van der Waals surface area contributed by atoms with E-state index in [1.807, 2.05) is 19.1 Å². The number of aryl methyl sites for hydroxylation is 1. The van der Waals surface area contributed by atoms with E-state index in [-0.39, 0.29) is 0 Å². The summed E-state index contributed by atoms with van der Waals surface area (Å²) in [7, 11) is 0. The highest BCUT2D eigenvalue weighted by molar-refractivity contribution is 7.99. The highest BCUT2D eigenvalue weighted by Crippen LogP contribution is 2.34. The SMILES string of the molecule is Cc1nc(Sc2c(Cl)cccc2CNCC(C)C)n[nH]1. The molecule has 0 saturated heterocycles. The molecule has 1 aromatic carbocycles. The van der Waals surface area contributed by atoms with Gasteiger partial charge in [-0.1, -0.05) is 37.6 Å². The molecule has 20 heavy (non-hydrogen) atoms. The van der Waals surface area contributed by atoms with Crippen LogP contribution in [0.5, 0.6) is 0 Å². The van der Waals surface area contributed by atoms with Gasteiger partial charge in [-0.3, -0.25) is 5.10 Å². The average molecular weight is 311 g/mol. The molecule has 1 aromatic heterocycles. The molecule has 0 aliphatic carbocycles. The van der Waals surface area contributed by atoms with Crippen LogP contribution in [0.25, 0.3) is 0 Å². The Morgan fingerprint density at radius 2 is 2.20 bits per heavy atom. The number of aromatic amines is 1. The van der Waals surface area contributed by atoms with Gasteiger partial charge in [-0.2, -0.15) is 0 Å². The van der Waals surface area contributed by atoms with Crippen LogP contribution >= 0.6 is 23.4 Å². The van der Waals surface area contributed by atoms with Crippen LogP contribution in [0.3, 0.4) is 0 Å². The highest BCUT2D eigenvalue weighted by atomic mass is 35.5. The van der Waals surface area contributed by atoms with Gasteiger partial charge in [0, 0.05) is 11.4 Å². The van der Waals surface area contributed by atoms with Crippen molar-refractivity contribution in [3.8, 4) is 0 Å². The van der Waals surface area contributed by atoms with Crippen LogP contribution in [0, 0.1) is 12.8 Å². The van der Waals surface area contributed by atoms with Gasteiger partial charge in [0.2, 0.25) is 5.16 Å². The fourth-order valence-corrected chi connectivity index (χ4v) is 2.96. The summed E-state index contributed by atoms with van der Waals surface area (Å²) in [5.74, 6) is 1.43. The third-order valence-corrected chi connectivity index (χ3v) is 4.17. The molecule has 0 aliphatic rings. The van der Waals surface area contributed by atoms with Crippen molar-refractivity contribution in [2.24, 2.45) is 5.92 Å². The molecule has 2 N–H and O–H groups in total. The molecule has 0 fully saturated rings. The summed E-state index contributed by atoms with van der Waals surface area (Å²) < 4.78 is 0. The zero-order chi connectivity index (χ0) is 14.5. The summed E-state index contributed by atoms with van der Waals surface area (Å²) in [4.78, 5) is 5.33. The van der Waals surface area contributed by atoms with E-state index >= 15 is 0 Å². The highest BCUT2D eigenvalue weighted by Gasteiger charge is 2.11. The molecule has 6 heteroatoms. The van der Waals surface area contributed by atoms with Gasteiger partial charge in [0.15, 0.2) is 0 Å². The first-order valence-corrected chi connectivity index (χ1v) is 7.80. The van der Waals surface area contributed by atoms with Crippen LogP contribution in [0.2, 0.25) is 5.02 Å². The van der Waals surface area contributed by atoms with Crippen LogP contribution in [-0.4, -0.2) is 21.7 Å². The number of halogens is 1. The van der Waals surface area contributed by atoms with Gasteiger partial charge in [-0.15, -0.1) is 5.10 Å². The average Bonchev–Trinajstić information content (AvgIpc) is 2.78. The van der Waals surface area contributed by atoms with Crippen molar-refractivity contribution in [2.45, 2.75) is 37.4 Å². The normalized spacial score (nSPS) is 11.2. The first kappa shape index (κ1) is 15.4. The second-order valence-electron chi connectivity index (χ2n) is 5.06. The molecule has 0 saturated carbocycles. The van der Waals surface area contributed by atoms with Crippen molar-refractivity contribution in [1.82, 2.24) is 20.5 Å². The lowest BCUT2D eigenvalue weighted by Crippen LogP contribution is -2.19. The van der Waals surface area contributed by atoms with Crippen molar-refractivity contribution in [1.29, 1.82) is 0 Å². The van der Waals surface area contributed by atoms with Crippen LogP contribution in [0.1, 0.15) is 25.2 Å². The zero-order valence-corrected chi connectivity index (χ0v) is 13.5. The number of rotatable bonds is 6. The largest absolute Gasteiger partial charge is 0.312 e. The Labute approximate surface area is 128 Å². The summed E-state index contributed by atoms with van der Waals surface area (Å²) in [6, 6.07) is 5.96. The second kappa shape index (κ2) is 7.11. The Kier molecular flexibility index (Phi) is 5.46. The summed E-state index contributed by atoms with van der Waals surface area (Å²) in [5.41, 5.74) is 1.17. The monoisotopic (exact) mass is 310 g/mol. The molecule has 1 heterocycles. The van der Waals surface area contributed by atoms with E-state index in [0.29, 0.717) is 11.1 Å². The van der Waals surface area contributed by atoms with Crippen LogP contribution < -0.4 is 5.32 Å². The minimum atomic E-state index is 0.626. The maximum atomic E-state index is 6.31. The first-order chi connectivity index (χ1) is 9.56. The maximum absolute atomic E-state index is 6.31. The number of H-pyrrole nitrogens is 1. The summed E-state index contributed by atoms with van der Waals surface area (Å²) >= 11 is 7.81. The molecule has 0 aliphatic heterocycles. The second-order valence-corrected chi connectivity index (χ2v) is 6.44. The van der Waals surface area contributed by atoms with E-state index in [2.05, 4.69) is 40.4 Å². The Morgan fingerprint density at radius 3 is 2.85 bits per heavy atom. The summed E-state index contributed by atoms with van der Waals surface area (Å²) in [6.07, 6.45) is 0. The minimum Gasteiger partial charge on any atom is -0.312 e. The smallest absolute Gasteiger partial charge is 0.213 e. The Bertz CT molecular complexity index is 568. The van der Waals surface area contributed by atoms with E-state index in [4.69, 9.17) is 11.6 Å². The molecule has 0 spiro atoms. The van der Waals surface area contributed by atoms with Crippen molar-refractivity contribution < 1.29 is 0 Å². The van der Waals surface area contributed by atoms with E-state index < -0.39 is 0 Å². The fraction of sp³-hybridized carbons (Fsp3) is 0.429. The zero-order valence-electron chi connectivity index (χ0n) is 11.9.